The van der Waals surface area contributed by atoms with Gasteiger partial charge in [0.1, 0.15) is 5.75 Å². The van der Waals surface area contributed by atoms with Crippen LogP contribution in [-0.4, -0.2) is 45.5 Å². The van der Waals surface area contributed by atoms with Crippen LogP contribution in [0, 0.1) is 0 Å². The number of rotatable bonds is 5. The number of carbonyl (C=O) groups excluding carboxylic acids is 1. The topological polar surface area (TPSA) is 60.2 Å². The summed E-state index contributed by atoms with van der Waals surface area (Å²) in [4.78, 5) is 15.9. The fraction of sp³-hybridized carbons (Fsp3) is 0.250. The summed E-state index contributed by atoms with van der Waals surface area (Å²) < 4.78 is 5.67. The highest BCUT2D eigenvalue weighted by molar-refractivity contribution is 5.78. The zero-order valence-corrected chi connectivity index (χ0v) is 14.4. The molecule has 2 aromatic carbocycles. The summed E-state index contributed by atoms with van der Waals surface area (Å²) in [5.41, 5.74) is 2.28. The van der Waals surface area contributed by atoms with E-state index in [9.17, 15) is 4.79 Å². The number of hydrogen-bond donors (Lipinski definition) is 0. The molecule has 6 heteroatoms. The van der Waals surface area contributed by atoms with Crippen LogP contribution in [-0.2, 0) is 4.79 Å². The Morgan fingerprint density at radius 2 is 1.69 bits per heavy atom. The molecule has 0 N–H and O–H groups in total. The first-order valence-corrected chi connectivity index (χ1v) is 8.71. The van der Waals surface area contributed by atoms with E-state index in [1.54, 1.807) is 17.2 Å². The SMILES string of the molecule is O=C(COc1ccc(-c2ccccc2)cc1)N1CCC(n2nccn2)C1. The van der Waals surface area contributed by atoms with Crippen LogP contribution in [0.15, 0.2) is 67.0 Å². The smallest absolute Gasteiger partial charge is 0.260 e. The molecule has 1 atom stereocenters. The molecular weight excluding hydrogens is 328 g/mol. The Bertz CT molecular complexity index is 847. The van der Waals surface area contributed by atoms with Gasteiger partial charge in [0.15, 0.2) is 6.61 Å². The third-order valence-electron chi connectivity index (χ3n) is 4.60. The minimum Gasteiger partial charge on any atom is -0.484 e. The molecule has 6 nitrogen and oxygen atoms in total. The zero-order chi connectivity index (χ0) is 17.8. The minimum absolute atomic E-state index is 0.00760. The third kappa shape index (κ3) is 3.59. The molecule has 1 saturated heterocycles. The van der Waals surface area contributed by atoms with E-state index in [0.29, 0.717) is 18.8 Å². The summed E-state index contributed by atoms with van der Waals surface area (Å²) in [5.74, 6) is 0.689. The summed E-state index contributed by atoms with van der Waals surface area (Å²) >= 11 is 0. The maximum absolute atomic E-state index is 12.4. The zero-order valence-electron chi connectivity index (χ0n) is 14.4. The van der Waals surface area contributed by atoms with Gasteiger partial charge in [-0.05, 0) is 29.7 Å². The normalized spacial score (nSPS) is 16.6. The molecule has 0 aliphatic carbocycles. The van der Waals surface area contributed by atoms with Gasteiger partial charge in [-0.2, -0.15) is 15.0 Å². The molecule has 0 radical (unpaired) electrons. The van der Waals surface area contributed by atoms with Crippen molar-refractivity contribution in [3.05, 3.63) is 67.0 Å². The first-order valence-electron chi connectivity index (χ1n) is 8.71. The number of benzene rings is 2. The van der Waals surface area contributed by atoms with Crippen molar-refractivity contribution in [3.63, 3.8) is 0 Å². The minimum atomic E-state index is -0.00760. The van der Waals surface area contributed by atoms with Crippen LogP contribution in [0.25, 0.3) is 11.1 Å². The number of nitrogens with zero attached hydrogens (tertiary/aromatic N) is 4. The van der Waals surface area contributed by atoms with Gasteiger partial charge in [0.25, 0.3) is 5.91 Å². The van der Waals surface area contributed by atoms with Gasteiger partial charge >= 0.3 is 0 Å². The van der Waals surface area contributed by atoms with Crippen molar-refractivity contribution in [3.8, 4) is 16.9 Å². The van der Waals surface area contributed by atoms with Crippen molar-refractivity contribution in [2.75, 3.05) is 19.7 Å². The molecule has 1 aliphatic rings. The molecule has 4 rings (SSSR count). The third-order valence-corrected chi connectivity index (χ3v) is 4.60. The first kappa shape index (κ1) is 16.3. The number of aromatic nitrogens is 3. The van der Waals surface area contributed by atoms with Crippen molar-refractivity contribution in [1.82, 2.24) is 19.9 Å². The molecule has 0 saturated carbocycles. The van der Waals surface area contributed by atoms with Gasteiger partial charge in [0.05, 0.1) is 18.4 Å². The molecule has 1 unspecified atom stereocenters. The summed E-state index contributed by atoms with van der Waals surface area (Å²) in [5, 5.41) is 8.31. The molecule has 1 amide bonds. The number of amides is 1. The van der Waals surface area contributed by atoms with E-state index >= 15 is 0 Å². The summed E-state index contributed by atoms with van der Waals surface area (Å²) in [6, 6.07) is 18.1. The lowest BCUT2D eigenvalue weighted by atomic mass is 10.1. The van der Waals surface area contributed by atoms with Crippen molar-refractivity contribution in [2.24, 2.45) is 0 Å². The van der Waals surface area contributed by atoms with E-state index in [4.69, 9.17) is 4.74 Å². The summed E-state index contributed by atoms with van der Waals surface area (Å²) in [6.45, 7) is 1.38. The van der Waals surface area contributed by atoms with Gasteiger partial charge in [0, 0.05) is 13.1 Å². The summed E-state index contributed by atoms with van der Waals surface area (Å²) in [7, 11) is 0. The van der Waals surface area contributed by atoms with Crippen LogP contribution in [0.5, 0.6) is 5.75 Å². The maximum Gasteiger partial charge on any atom is 0.260 e. The molecule has 1 aromatic heterocycles. The van der Waals surface area contributed by atoms with Gasteiger partial charge < -0.3 is 9.64 Å². The van der Waals surface area contributed by atoms with Crippen LogP contribution in [0.4, 0.5) is 0 Å². The van der Waals surface area contributed by atoms with Crippen LogP contribution >= 0.6 is 0 Å². The van der Waals surface area contributed by atoms with Gasteiger partial charge in [-0.25, -0.2) is 0 Å². The Kier molecular flexibility index (Phi) is 4.64. The molecule has 0 spiro atoms. The van der Waals surface area contributed by atoms with Crippen molar-refractivity contribution in [2.45, 2.75) is 12.5 Å². The average Bonchev–Trinajstić information content (AvgIpc) is 3.39. The molecule has 3 aromatic rings. The fourth-order valence-electron chi connectivity index (χ4n) is 3.18. The summed E-state index contributed by atoms with van der Waals surface area (Å²) in [6.07, 6.45) is 4.19. The number of ether oxygens (including phenoxy) is 1. The molecule has 0 bridgehead atoms. The van der Waals surface area contributed by atoms with Crippen molar-refractivity contribution < 1.29 is 9.53 Å². The Balaban J connectivity index is 1.31. The predicted molar refractivity (Wildman–Crippen MR) is 97.6 cm³/mol. The fourth-order valence-corrected chi connectivity index (χ4v) is 3.18. The lowest BCUT2D eigenvalue weighted by Gasteiger charge is -2.16. The lowest BCUT2D eigenvalue weighted by molar-refractivity contribution is -0.132. The lowest BCUT2D eigenvalue weighted by Crippen LogP contribution is -2.33. The molecular formula is C20H20N4O2. The second kappa shape index (κ2) is 7.39. The Hall–Kier alpha value is -3.15. The van der Waals surface area contributed by atoms with E-state index in [0.717, 1.165) is 17.5 Å². The molecule has 1 fully saturated rings. The monoisotopic (exact) mass is 348 g/mol. The highest BCUT2D eigenvalue weighted by atomic mass is 16.5. The van der Waals surface area contributed by atoms with E-state index in [1.807, 2.05) is 47.4 Å². The molecule has 26 heavy (non-hydrogen) atoms. The van der Waals surface area contributed by atoms with Gasteiger partial charge in [0.2, 0.25) is 0 Å². The predicted octanol–water partition coefficient (Wildman–Crippen LogP) is 2.80. The molecule has 132 valence electrons. The van der Waals surface area contributed by atoms with Gasteiger partial charge in [-0.3, -0.25) is 4.79 Å². The Morgan fingerprint density at radius 1 is 1.00 bits per heavy atom. The number of likely N-dealkylation sites (tertiary alicyclic amines) is 1. The molecule has 1 aliphatic heterocycles. The second-order valence-electron chi connectivity index (χ2n) is 6.31. The van der Waals surface area contributed by atoms with Gasteiger partial charge in [-0.15, -0.1) is 0 Å². The standard InChI is InChI=1S/C20H20N4O2/c25-20(23-13-10-18(14-23)24-21-11-12-22-24)15-26-19-8-6-17(7-9-19)16-4-2-1-3-5-16/h1-9,11-12,18H,10,13-15H2. The first-order chi connectivity index (χ1) is 12.8. The largest absolute Gasteiger partial charge is 0.484 e. The Morgan fingerprint density at radius 3 is 2.42 bits per heavy atom. The van der Waals surface area contributed by atoms with Crippen molar-refractivity contribution in [1.29, 1.82) is 0 Å². The number of carbonyl (C=O) groups is 1. The van der Waals surface area contributed by atoms with Gasteiger partial charge in [-0.1, -0.05) is 42.5 Å². The Labute approximate surface area is 152 Å². The van der Waals surface area contributed by atoms with E-state index in [2.05, 4.69) is 22.3 Å². The number of hydrogen-bond acceptors (Lipinski definition) is 4. The van der Waals surface area contributed by atoms with E-state index < -0.39 is 0 Å². The van der Waals surface area contributed by atoms with Crippen molar-refractivity contribution >= 4 is 5.91 Å². The van der Waals surface area contributed by atoms with Crippen LogP contribution in [0.2, 0.25) is 0 Å². The van der Waals surface area contributed by atoms with Crippen LogP contribution < -0.4 is 4.74 Å². The van der Waals surface area contributed by atoms with E-state index in [-0.39, 0.29) is 18.6 Å². The quantitative estimate of drug-likeness (QED) is 0.711. The van der Waals surface area contributed by atoms with E-state index in [1.165, 1.54) is 0 Å². The van der Waals surface area contributed by atoms with Crippen LogP contribution in [0.1, 0.15) is 12.5 Å². The highest BCUT2D eigenvalue weighted by Crippen LogP contribution is 2.23. The highest BCUT2D eigenvalue weighted by Gasteiger charge is 2.28. The second-order valence-corrected chi connectivity index (χ2v) is 6.31. The van der Waals surface area contributed by atoms with Crippen LogP contribution in [0.3, 0.4) is 0 Å². The molecule has 2 heterocycles. The average molecular weight is 348 g/mol. The maximum atomic E-state index is 12.4.